The number of hydrogen-bond acceptors (Lipinski definition) is 8. The van der Waals surface area contributed by atoms with Gasteiger partial charge in [-0.15, -0.1) is 0 Å². The van der Waals surface area contributed by atoms with Gasteiger partial charge in [-0.1, -0.05) is 152 Å². The summed E-state index contributed by atoms with van der Waals surface area (Å²) in [5, 5.41) is 2.84. The van der Waals surface area contributed by atoms with Crippen LogP contribution in [0.4, 0.5) is 4.79 Å². The van der Waals surface area contributed by atoms with Gasteiger partial charge in [0, 0.05) is 25.9 Å². The molecule has 378 valence electrons. The van der Waals surface area contributed by atoms with E-state index in [1.54, 1.807) is 0 Å². The van der Waals surface area contributed by atoms with Crippen molar-refractivity contribution >= 4 is 18.0 Å². The van der Waals surface area contributed by atoms with Crippen LogP contribution in [-0.2, 0) is 28.5 Å². The minimum Gasteiger partial charge on any atom is -0.466 e. The molecule has 9 heteroatoms. The van der Waals surface area contributed by atoms with Gasteiger partial charge in [0.25, 0.3) is 0 Å². The topological polar surface area (TPSA) is 103 Å². The third-order valence-electron chi connectivity index (χ3n) is 11.5. The molecular formula is C56H102N2O7. The van der Waals surface area contributed by atoms with Crippen LogP contribution in [0.2, 0.25) is 0 Å². The highest BCUT2D eigenvalue weighted by atomic mass is 16.6. The van der Waals surface area contributed by atoms with E-state index < -0.39 is 6.09 Å². The Labute approximate surface area is 400 Å². The first kappa shape index (κ1) is 62.1. The quantitative estimate of drug-likeness (QED) is 0.0279. The van der Waals surface area contributed by atoms with Crippen molar-refractivity contribution in [3.05, 3.63) is 48.6 Å². The van der Waals surface area contributed by atoms with Gasteiger partial charge < -0.3 is 29.2 Å². The molecule has 0 aromatic carbocycles. The van der Waals surface area contributed by atoms with E-state index in [9.17, 15) is 14.4 Å². The number of carbonyl (C=O) groups excluding carboxylic acids is 3. The van der Waals surface area contributed by atoms with E-state index in [-0.39, 0.29) is 18.0 Å². The third-order valence-corrected chi connectivity index (χ3v) is 11.5. The standard InChI is InChI=1S/C56H102N2O7/c1-5-7-9-11-13-15-17-19-21-23-25-27-29-31-39-45-54(59)63-49-41-35-33-37-43-53(65-56(61)57-47-51-62-52-48-58(3)4)44-38-34-36-42-50-64-55(60)46-40-32-30-28-26-24-22-20-18-16-14-12-10-8-6-2/h15-18,21-24,53H,5-14,19-20,25-52H2,1-4H3,(H,57,61)/b17-15-,18-16-,23-21-,24-22-. The van der Waals surface area contributed by atoms with Crippen LogP contribution in [0.1, 0.15) is 232 Å². The molecule has 0 aliphatic heterocycles. The molecule has 0 atom stereocenters. The summed E-state index contributed by atoms with van der Waals surface area (Å²) >= 11 is 0. The number of nitrogens with one attached hydrogen (secondary N) is 1. The highest BCUT2D eigenvalue weighted by molar-refractivity contribution is 5.69. The Morgan fingerprint density at radius 2 is 0.862 bits per heavy atom. The molecule has 0 aliphatic carbocycles. The van der Waals surface area contributed by atoms with E-state index in [0.717, 1.165) is 135 Å². The Balaban J connectivity index is 4.13. The van der Waals surface area contributed by atoms with Crippen LogP contribution in [0.5, 0.6) is 0 Å². The Bertz CT molecular complexity index is 1100. The predicted molar refractivity (Wildman–Crippen MR) is 274 cm³/mol. The van der Waals surface area contributed by atoms with Crippen molar-refractivity contribution in [1.29, 1.82) is 0 Å². The van der Waals surface area contributed by atoms with E-state index in [4.69, 9.17) is 18.9 Å². The molecule has 1 amide bonds. The second-order valence-electron chi connectivity index (χ2n) is 18.2. The summed E-state index contributed by atoms with van der Waals surface area (Å²) < 4.78 is 22.5. The van der Waals surface area contributed by atoms with Crippen molar-refractivity contribution in [2.75, 3.05) is 53.6 Å². The smallest absolute Gasteiger partial charge is 0.407 e. The molecule has 0 spiro atoms. The van der Waals surface area contributed by atoms with Crippen molar-refractivity contribution in [3.8, 4) is 0 Å². The Hall–Kier alpha value is -2.91. The number of carbonyl (C=O) groups is 3. The summed E-state index contributed by atoms with van der Waals surface area (Å²) in [6, 6.07) is 0. The van der Waals surface area contributed by atoms with Gasteiger partial charge in [-0.2, -0.15) is 0 Å². The fourth-order valence-electron chi connectivity index (χ4n) is 7.36. The predicted octanol–water partition coefficient (Wildman–Crippen LogP) is 15.3. The maximum atomic E-state index is 12.6. The number of likely N-dealkylation sites (N-methyl/N-ethyl adjacent to an activating group) is 1. The van der Waals surface area contributed by atoms with Crippen molar-refractivity contribution in [1.82, 2.24) is 10.2 Å². The summed E-state index contributed by atoms with van der Waals surface area (Å²) in [4.78, 5) is 39.1. The average molecular weight is 915 g/mol. The number of alkyl carbamates (subject to hydrolysis) is 1. The number of amides is 1. The van der Waals surface area contributed by atoms with Gasteiger partial charge in [-0.3, -0.25) is 9.59 Å². The lowest BCUT2D eigenvalue weighted by molar-refractivity contribution is -0.144. The van der Waals surface area contributed by atoms with Crippen LogP contribution in [0.25, 0.3) is 0 Å². The Morgan fingerprint density at radius 1 is 0.462 bits per heavy atom. The first-order valence-corrected chi connectivity index (χ1v) is 27.0. The van der Waals surface area contributed by atoms with Crippen molar-refractivity contribution in [3.63, 3.8) is 0 Å². The highest BCUT2D eigenvalue weighted by Gasteiger charge is 2.14. The molecule has 1 N–H and O–H groups in total. The monoisotopic (exact) mass is 915 g/mol. The molecule has 0 radical (unpaired) electrons. The maximum absolute atomic E-state index is 12.6. The van der Waals surface area contributed by atoms with Crippen molar-refractivity contribution < 1.29 is 33.3 Å². The molecule has 0 saturated heterocycles. The van der Waals surface area contributed by atoms with Gasteiger partial charge in [-0.25, -0.2) is 4.79 Å². The molecule has 0 aromatic rings. The normalized spacial score (nSPS) is 12.0. The van der Waals surface area contributed by atoms with Crippen LogP contribution >= 0.6 is 0 Å². The number of hydrogen-bond donors (Lipinski definition) is 1. The second kappa shape index (κ2) is 52.1. The SMILES string of the molecule is CCCCCC/C=C\C/C=C\CCCCCCC(=O)OCCCCCCC(CCCCCCOC(=O)CCCCCC/C=C\C/C=C\CCCCCC)OC(=O)NCCOCCN(C)C. The van der Waals surface area contributed by atoms with E-state index >= 15 is 0 Å². The Morgan fingerprint density at radius 3 is 1.29 bits per heavy atom. The molecule has 0 rings (SSSR count). The van der Waals surface area contributed by atoms with Crippen molar-refractivity contribution in [2.24, 2.45) is 0 Å². The largest absolute Gasteiger partial charge is 0.466 e. The van der Waals surface area contributed by atoms with Crippen LogP contribution < -0.4 is 5.32 Å². The zero-order valence-electron chi connectivity index (χ0n) is 42.8. The molecule has 9 nitrogen and oxygen atoms in total. The molecule has 0 unspecified atom stereocenters. The number of unbranched alkanes of at least 4 members (excludes halogenated alkanes) is 22. The number of allylic oxidation sites excluding steroid dienone is 8. The molecule has 0 heterocycles. The third kappa shape index (κ3) is 51.9. The lowest BCUT2D eigenvalue weighted by atomic mass is 10.0. The van der Waals surface area contributed by atoms with Crippen LogP contribution in [0.15, 0.2) is 48.6 Å². The van der Waals surface area contributed by atoms with Gasteiger partial charge in [0.2, 0.25) is 0 Å². The fraction of sp³-hybridized carbons (Fsp3) is 0.804. The van der Waals surface area contributed by atoms with E-state index in [0.29, 0.717) is 45.8 Å². The van der Waals surface area contributed by atoms with E-state index in [1.165, 1.54) is 77.0 Å². The number of nitrogens with zero attached hydrogens (tertiary/aromatic N) is 1. The first-order valence-electron chi connectivity index (χ1n) is 27.0. The molecule has 0 saturated carbocycles. The van der Waals surface area contributed by atoms with E-state index in [2.05, 4.69) is 72.7 Å². The van der Waals surface area contributed by atoms with Gasteiger partial charge in [0.05, 0.1) is 26.4 Å². The van der Waals surface area contributed by atoms with Gasteiger partial charge in [0.1, 0.15) is 6.10 Å². The van der Waals surface area contributed by atoms with E-state index in [1.807, 2.05) is 14.1 Å². The van der Waals surface area contributed by atoms with Gasteiger partial charge in [0.15, 0.2) is 0 Å². The highest BCUT2D eigenvalue weighted by Crippen LogP contribution is 2.17. The average Bonchev–Trinajstić information content (AvgIpc) is 3.29. The van der Waals surface area contributed by atoms with Gasteiger partial charge in [-0.05, 0) is 130 Å². The van der Waals surface area contributed by atoms with Crippen molar-refractivity contribution in [2.45, 2.75) is 238 Å². The number of esters is 2. The minimum absolute atomic E-state index is 0.0840. The molecular weight excluding hydrogens is 813 g/mol. The summed E-state index contributed by atoms with van der Waals surface area (Å²) in [7, 11) is 4.01. The van der Waals surface area contributed by atoms with Crippen LogP contribution in [0, 0.1) is 0 Å². The zero-order valence-corrected chi connectivity index (χ0v) is 42.8. The summed E-state index contributed by atoms with van der Waals surface area (Å²) in [5.74, 6) is -0.168. The number of rotatable bonds is 49. The lowest BCUT2D eigenvalue weighted by Gasteiger charge is -2.18. The van der Waals surface area contributed by atoms with Gasteiger partial charge >= 0.3 is 18.0 Å². The summed E-state index contributed by atoms with van der Waals surface area (Å²) in [6.45, 7) is 7.78. The fourth-order valence-corrected chi connectivity index (χ4v) is 7.36. The maximum Gasteiger partial charge on any atom is 0.407 e. The first-order chi connectivity index (χ1) is 31.9. The van der Waals surface area contributed by atoms with Crippen LogP contribution in [0.3, 0.4) is 0 Å². The summed E-state index contributed by atoms with van der Waals surface area (Å²) in [5.41, 5.74) is 0. The minimum atomic E-state index is -0.391. The molecule has 65 heavy (non-hydrogen) atoms. The molecule has 0 aromatic heterocycles. The number of ether oxygens (including phenoxy) is 4. The molecule has 0 fully saturated rings. The van der Waals surface area contributed by atoms with Crippen LogP contribution in [-0.4, -0.2) is 82.6 Å². The lowest BCUT2D eigenvalue weighted by Crippen LogP contribution is -2.32. The Kier molecular flexibility index (Phi) is 49.7. The summed E-state index contributed by atoms with van der Waals surface area (Å²) in [6.07, 6.45) is 53.8. The second-order valence-corrected chi connectivity index (χ2v) is 18.2. The zero-order chi connectivity index (χ0) is 47.4. The molecule has 0 bridgehead atoms. The molecule has 0 aliphatic rings.